The van der Waals surface area contributed by atoms with Crippen LogP contribution in [0.3, 0.4) is 0 Å². The van der Waals surface area contributed by atoms with Gasteiger partial charge in [-0.1, -0.05) is 16.8 Å². The van der Waals surface area contributed by atoms with Crippen molar-refractivity contribution in [2.75, 3.05) is 0 Å². The van der Waals surface area contributed by atoms with Crippen LogP contribution in [0.5, 0.6) is 0 Å². The Balaban J connectivity index is 2.54. The number of nitrogens with one attached hydrogen (secondary N) is 1. The predicted molar refractivity (Wildman–Crippen MR) is 54.7 cm³/mol. The molecule has 1 aliphatic carbocycles. The van der Waals surface area contributed by atoms with Crippen molar-refractivity contribution in [2.45, 2.75) is 19.8 Å². The lowest BCUT2D eigenvalue weighted by Crippen LogP contribution is -2.02. The third kappa shape index (κ3) is 1.32. The Labute approximate surface area is 86.3 Å². The zero-order valence-corrected chi connectivity index (χ0v) is 8.47. The maximum atomic E-state index is 8.46. The average molecular weight is 212 g/mol. The fourth-order valence-corrected chi connectivity index (χ4v) is 2.06. The number of hydrogen-bond acceptors (Lipinski definition) is 3. The second-order valence-electron chi connectivity index (χ2n) is 3.25. The summed E-state index contributed by atoms with van der Waals surface area (Å²) in [5, 5.41) is 19.1. The first-order valence-electron chi connectivity index (χ1n) is 4.34. The summed E-state index contributed by atoms with van der Waals surface area (Å²) in [4.78, 5) is 0. The first-order chi connectivity index (χ1) is 6.74. The van der Waals surface area contributed by atoms with Gasteiger partial charge in [0.15, 0.2) is 0 Å². The summed E-state index contributed by atoms with van der Waals surface area (Å²) in [5.41, 5.74) is 3.75. The van der Waals surface area contributed by atoms with E-state index in [4.69, 9.17) is 16.8 Å². The lowest BCUT2D eigenvalue weighted by Gasteiger charge is -2.12. The van der Waals surface area contributed by atoms with Gasteiger partial charge in [0.2, 0.25) is 0 Å². The summed E-state index contributed by atoms with van der Waals surface area (Å²) in [6.07, 6.45) is 2.98. The van der Waals surface area contributed by atoms with Crippen LogP contribution in [0.1, 0.15) is 23.4 Å². The highest BCUT2D eigenvalue weighted by molar-refractivity contribution is 6.51. The van der Waals surface area contributed by atoms with Gasteiger partial charge in [0.25, 0.3) is 0 Å². The standard InChI is InChI=1S/C9H10ClN3O/c1-5-8-7(13-12-5)3-2-6(4-11-14)9(8)10/h4,14H,2-3H2,1H3,(H,12,13). The topological polar surface area (TPSA) is 61.3 Å². The van der Waals surface area contributed by atoms with Crippen molar-refractivity contribution in [2.24, 2.45) is 5.16 Å². The van der Waals surface area contributed by atoms with E-state index in [0.29, 0.717) is 5.03 Å². The molecule has 0 fully saturated rings. The number of H-pyrrole nitrogens is 1. The summed E-state index contributed by atoms with van der Waals surface area (Å²) in [5.74, 6) is 0. The lowest BCUT2D eigenvalue weighted by molar-refractivity contribution is 0.321. The molecule has 0 atom stereocenters. The molecule has 0 aliphatic heterocycles. The molecule has 5 heteroatoms. The highest BCUT2D eigenvalue weighted by atomic mass is 35.5. The zero-order valence-electron chi connectivity index (χ0n) is 7.71. The minimum atomic E-state index is 0.635. The number of rotatable bonds is 1. The van der Waals surface area contributed by atoms with Crippen LogP contribution < -0.4 is 0 Å². The Kier molecular flexibility index (Phi) is 2.29. The molecule has 2 N–H and O–H groups in total. The number of hydrogen-bond donors (Lipinski definition) is 2. The van der Waals surface area contributed by atoms with Crippen LogP contribution in [0.2, 0.25) is 0 Å². The molecule has 0 spiro atoms. The second kappa shape index (κ2) is 3.46. The lowest BCUT2D eigenvalue weighted by atomic mass is 9.97. The Morgan fingerprint density at radius 3 is 3.07 bits per heavy atom. The number of aryl methyl sites for hydroxylation is 2. The SMILES string of the molecule is Cc1[nH]nc2c1C(Cl)=C(C=NO)CC2. The van der Waals surface area contributed by atoms with Crippen molar-refractivity contribution in [3.8, 4) is 0 Å². The normalized spacial score (nSPS) is 16.4. The van der Waals surface area contributed by atoms with Crippen molar-refractivity contribution in [1.82, 2.24) is 10.2 Å². The fraction of sp³-hybridized carbons (Fsp3) is 0.333. The van der Waals surface area contributed by atoms with E-state index in [1.165, 1.54) is 6.21 Å². The van der Waals surface area contributed by atoms with Crippen molar-refractivity contribution >= 4 is 22.8 Å². The summed E-state index contributed by atoms with van der Waals surface area (Å²) in [7, 11) is 0. The van der Waals surface area contributed by atoms with Crippen molar-refractivity contribution in [3.63, 3.8) is 0 Å². The summed E-state index contributed by atoms with van der Waals surface area (Å²) in [6.45, 7) is 1.92. The number of aromatic amines is 1. The molecule has 0 aromatic carbocycles. The quantitative estimate of drug-likeness (QED) is 0.425. The van der Waals surface area contributed by atoms with Gasteiger partial charge in [-0.25, -0.2) is 0 Å². The van der Waals surface area contributed by atoms with E-state index >= 15 is 0 Å². The number of fused-ring (bicyclic) bond motifs is 1. The molecular formula is C9H10ClN3O. The molecule has 2 rings (SSSR count). The zero-order chi connectivity index (χ0) is 10.1. The summed E-state index contributed by atoms with van der Waals surface area (Å²) in [6, 6.07) is 0. The van der Waals surface area contributed by atoms with E-state index in [2.05, 4.69) is 15.4 Å². The number of halogens is 1. The molecule has 0 radical (unpaired) electrons. The largest absolute Gasteiger partial charge is 0.411 e. The van der Waals surface area contributed by atoms with Gasteiger partial charge < -0.3 is 5.21 Å². The smallest absolute Gasteiger partial charge is 0.0715 e. The van der Waals surface area contributed by atoms with Gasteiger partial charge in [-0.15, -0.1) is 0 Å². The Morgan fingerprint density at radius 1 is 1.57 bits per heavy atom. The van der Waals surface area contributed by atoms with Crippen molar-refractivity contribution in [1.29, 1.82) is 0 Å². The van der Waals surface area contributed by atoms with E-state index in [0.717, 1.165) is 35.4 Å². The highest BCUT2D eigenvalue weighted by Gasteiger charge is 2.21. The highest BCUT2D eigenvalue weighted by Crippen LogP contribution is 2.33. The average Bonchev–Trinajstić information content (AvgIpc) is 2.54. The number of oxime groups is 1. The number of allylic oxidation sites excluding steroid dienone is 1. The molecule has 0 amide bonds. The van der Waals surface area contributed by atoms with Crippen LogP contribution in [0.15, 0.2) is 10.7 Å². The molecule has 4 nitrogen and oxygen atoms in total. The molecule has 1 aliphatic rings. The van der Waals surface area contributed by atoms with E-state index in [1.807, 2.05) is 6.92 Å². The van der Waals surface area contributed by atoms with Crippen LogP contribution in [0.25, 0.3) is 5.03 Å². The van der Waals surface area contributed by atoms with E-state index in [-0.39, 0.29) is 0 Å². The molecule has 0 saturated heterocycles. The monoisotopic (exact) mass is 211 g/mol. The number of aromatic nitrogens is 2. The predicted octanol–water partition coefficient (Wildman–Crippen LogP) is 2.07. The van der Waals surface area contributed by atoms with E-state index in [9.17, 15) is 0 Å². The molecule has 1 heterocycles. The van der Waals surface area contributed by atoms with Gasteiger partial charge in [-0.2, -0.15) is 5.10 Å². The molecule has 1 aromatic rings. The van der Waals surface area contributed by atoms with E-state index in [1.54, 1.807) is 0 Å². The maximum absolute atomic E-state index is 8.46. The van der Waals surface area contributed by atoms with Gasteiger partial charge in [-0.05, 0) is 25.3 Å². The molecule has 0 unspecified atom stereocenters. The van der Waals surface area contributed by atoms with Gasteiger partial charge in [-0.3, -0.25) is 5.10 Å². The first-order valence-corrected chi connectivity index (χ1v) is 4.72. The molecular weight excluding hydrogens is 202 g/mol. The second-order valence-corrected chi connectivity index (χ2v) is 3.63. The Morgan fingerprint density at radius 2 is 2.36 bits per heavy atom. The van der Waals surface area contributed by atoms with Gasteiger partial charge in [0.1, 0.15) is 0 Å². The third-order valence-electron chi connectivity index (χ3n) is 2.37. The fourth-order valence-electron chi connectivity index (χ4n) is 1.67. The molecule has 0 saturated carbocycles. The van der Waals surface area contributed by atoms with Crippen LogP contribution in [-0.4, -0.2) is 21.6 Å². The van der Waals surface area contributed by atoms with Crippen LogP contribution in [0, 0.1) is 6.92 Å². The summed E-state index contributed by atoms with van der Waals surface area (Å²) < 4.78 is 0. The Hall–Kier alpha value is -1.29. The number of nitrogens with zero attached hydrogens (tertiary/aromatic N) is 2. The van der Waals surface area contributed by atoms with Crippen LogP contribution in [0.4, 0.5) is 0 Å². The van der Waals surface area contributed by atoms with Crippen LogP contribution in [-0.2, 0) is 6.42 Å². The van der Waals surface area contributed by atoms with E-state index < -0.39 is 0 Å². The Bertz CT molecular complexity index is 420. The third-order valence-corrected chi connectivity index (χ3v) is 2.80. The first kappa shape index (κ1) is 9.27. The van der Waals surface area contributed by atoms with Gasteiger partial charge >= 0.3 is 0 Å². The maximum Gasteiger partial charge on any atom is 0.0715 e. The van der Waals surface area contributed by atoms with Gasteiger partial charge in [0.05, 0.1) is 16.9 Å². The summed E-state index contributed by atoms with van der Waals surface area (Å²) >= 11 is 6.16. The van der Waals surface area contributed by atoms with Gasteiger partial charge in [0, 0.05) is 11.3 Å². The van der Waals surface area contributed by atoms with Crippen molar-refractivity contribution < 1.29 is 5.21 Å². The minimum Gasteiger partial charge on any atom is -0.411 e. The minimum absolute atomic E-state index is 0.635. The molecule has 1 aromatic heterocycles. The molecule has 74 valence electrons. The molecule has 0 bridgehead atoms. The van der Waals surface area contributed by atoms with Crippen LogP contribution >= 0.6 is 11.6 Å². The van der Waals surface area contributed by atoms with Crippen molar-refractivity contribution in [3.05, 3.63) is 22.5 Å². The molecule has 14 heavy (non-hydrogen) atoms.